The van der Waals surface area contributed by atoms with Crippen molar-refractivity contribution in [3.8, 4) is 6.07 Å². The largest absolute Gasteiger partial charge is 0.480 e. The molecule has 0 heterocycles. The zero-order chi connectivity index (χ0) is 17.5. The highest BCUT2D eigenvalue weighted by Crippen LogP contribution is 2.63. The summed E-state index contributed by atoms with van der Waals surface area (Å²) in [5, 5.41) is 17.5. The smallest absolute Gasteiger partial charge is 0.326 e. The molecule has 0 saturated heterocycles. The summed E-state index contributed by atoms with van der Waals surface area (Å²) in [6.45, 7) is 0. The van der Waals surface area contributed by atoms with Gasteiger partial charge in [-0.05, 0) is 29.8 Å². The first-order valence-corrected chi connectivity index (χ1v) is 8.59. The minimum Gasteiger partial charge on any atom is -0.480 e. The number of hydrogen-bond acceptors (Lipinski definition) is 4. The molecule has 0 aliphatic heterocycles. The minimum absolute atomic E-state index is 0.0412. The minimum atomic E-state index is -4.04. The van der Waals surface area contributed by atoms with E-state index in [-0.39, 0.29) is 4.90 Å². The van der Waals surface area contributed by atoms with Gasteiger partial charge in [-0.15, -0.1) is 0 Å². The van der Waals surface area contributed by atoms with Gasteiger partial charge in [0.15, 0.2) is 15.3 Å². The van der Waals surface area contributed by atoms with Gasteiger partial charge in [-0.2, -0.15) is 5.26 Å². The fourth-order valence-electron chi connectivity index (χ4n) is 3.08. The molecule has 0 radical (unpaired) electrons. The van der Waals surface area contributed by atoms with E-state index in [1.54, 1.807) is 12.1 Å². The summed E-state index contributed by atoms with van der Waals surface area (Å²) >= 11 is 0. The Bertz CT molecular complexity index is 935. The molecule has 122 valence electrons. The number of rotatable bonds is 4. The molecular weight excluding hydrogens is 333 g/mol. The van der Waals surface area contributed by atoms with Crippen molar-refractivity contribution in [3.05, 3.63) is 66.0 Å². The van der Waals surface area contributed by atoms with Crippen molar-refractivity contribution in [2.24, 2.45) is 5.41 Å². The second kappa shape index (κ2) is 5.42. The van der Waals surface area contributed by atoms with Crippen LogP contribution in [0, 0.1) is 22.6 Å². The first-order chi connectivity index (χ1) is 11.4. The van der Waals surface area contributed by atoms with Gasteiger partial charge in [-0.25, -0.2) is 12.8 Å². The Labute approximate surface area is 137 Å². The summed E-state index contributed by atoms with van der Waals surface area (Å²) in [7, 11) is -4.04. The van der Waals surface area contributed by atoms with Crippen molar-refractivity contribution in [1.82, 2.24) is 0 Å². The number of benzene rings is 2. The van der Waals surface area contributed by atoms with Crippen LogP contribution in [0.2, 0.25) is 0 Å². The zero-order valence-electron chi connectivity index (χ0n) is 12.3. The number of carbonyl (C=O) groups is 1. The lowest BCUT2D eigenvalue weighted by molar-refractivity contribution is -0.141. The van der Waals surface area contributed by atoms with E-state index in [0.29, 0.717) is 5.56 Å². The third-order valence-electron chi connectivity index (χ3n) is 4.31. The highest BCUT2D eigenvalue weighted by molar-refractivity contribution is 7.92. The Morgan fingerprint density at radius 1 is 1.12 bits per heavy atom. The highest BCUT2D eigenvalue weighted by atomic mass is 32.2. The van der Waals surface area contributed by atoms with E-state index in [2.05, 4.69) is 0 Å². The van der Waals surface area contributed by atoms with Gasteiger partial charge in [0, 0.05) is 5.92 Å². The van der Waals surface area contributed by atoms with Gasteiger partial charge in [0.2, 0.25) is 0 Å². The number of halogens is 1. The quantitative estimate of drug-likeness (QED) is 0.918. The summed E-state index contributed by atoms with van der Waals surface area (Å²) < 4.78 is 38.8. The average molecular weight is 345 g/mol. The SMILES string of the molecule is N#C[C@]1(C(=O)O)[C@H](c2ccc(F)cc2)[C@H]1S(=O)(=O)c1ccccc1. The second-order valence-corrected chi connectivity index (χ2v) is 7.66. The topological polar surface area (TPSA) is 95.2 Å². The van der Waals surface area contributed by atoms with Crippen LogP contribution in [0.15, 0.2) is 59.5 Å². The predicted molar refractivity (Wildman–Crippen MR) is 82.2 cm³/mol. The lowest BCUT2D eigenvalue weighted by Crippen LogP contribution is -2.22. The molecule has 1 saturated carbocycles. The van der Waals surface area contributed by atoms with E-state index in [9.17, 15) is 28.0 Å². The molecule has 0 unspecified atom stereocenters. The number of carboxylic acid groups (broad SMARTS) is 1. The highest BCUT2D eigenvalue weighted by Gasteiger charge is 2.77. The van der Waals surface area contributed by atoms with Crippen LogP contribution in [-0.2, 0) is 14.6 Å². The number of carboxylic acids is 1. The third kappa shape index (κ3) is 2.19. The number of nitrogens with zero attached hydrogens (tertiary/aromatic N) is 1. The summed E-state index contributed by atoms with van der Waals surface area (Å²) in [5.74, 6) is -3.07. The average Bonchev–Trinajstić information content (AvgIpc) is 3.28. The molecule has 3 atom stereocenters. The Kier molecular flexibility index (Phi) is 3.65. The molecule has 0 spiro atoms. The molecule has 3 rings (SSSR count). The molecule has 2 aromatic carbocycles. The molecule has 1 aliphatic carbocycles. The zero-order valence-corrected chi connectivity index (χ0v) is 13.1. The molecule has 7 heteroatoms. The summed E-state index contributed by atoms with van der Waals surface area (Å²) in [6.07, 6.45) is 0. The molecule has 2 aromatic rings. The van der Waals surface area contributed by atoms with Crippen molar-refractivity contribution < 1.29 is 22.7 Å². The molecule has 0 aromatic heterocycles. The van der Waals surface area contributed by atoms with E-state index in [1.807, 2.05) is 0 Å². The van der Waals surface area contributed by atoms with Crippen molar-refractivity contribution in [2.75, 3.05) is 0 Å². The van der Waals surface area contributed by atoms with E-state index in [0.717, 1.165) is 12.1 Å². The molecular formula is C17H12FNO4S. The van der Waals surface area contributed by atoms with Crippen molar-refractivity contribution in [1.29, 1.82) is 5.26 Å². The second-order valence-electron chi connectivity index (χ2n) is 5.59. The maximum absolute atomic E-state index is 13.1. The van der Waals surface area contributed by atoms with Crippen LogP contribution in [0.5, 0.6) is 0 Å². The number of hydrogen-bond donors (Lipinski definition) is 1. The van der Waals surface area contributed by atoms with Gasteiger partial charge in [0.1, 0.15) is 11.1 Å². The van der Waals surface area contributed by atoms with Crippen LogP contribution in [0.4, 0.5) is 4.39 Å². The fraction of sp³-hybridized carbons (Fsp3) is 0.176. The van der Waals surface area contributed by atoms with Gasteiger partial charge < -0.3 is 5.11 Å². The van der Waals surface area contributed by atoms with Crippen molar-refractivity contribution in [3.63, 3.8) is 0 Å². The van der Waals surface area contributed by atoms with Gasteiger partial charge in [-0.1, -0.05) is 30.3 Å². The Morgan fingerprint density at radius 3 is 2.21 bits per heavy atom. The Balaban J connectivity index is 2.13. The number of nitriles is 1. The maximum atomic E-state index is 13.1. The van der Waals surface area contributed by atoms with E-state index >= 15 is 0 Å². The summed E-state index contributed by atoms with van der Waals surface area (Å²) in [6, 6.07) is 13.9. The lowest BCUT2D eigenvalue weighted by Gasteiger charge is -2.04. The third-order valence-corrected chi connectivity index (χ3v) is 6.55. The molecule has 0 amide bonds. The van der Waals surface area contributed by atoms with E-state index < -0.39 is 38.2 Å². The molecule has 1 aliphatic rings. The lowest BCUT2D eigenvalue weighted by atomic mass is 10.0. The Hall–Kier alpha value is -2.72. The van der Waals surface area contributed by atoms with E-state index in [4.69, 9.17) is 0 Å². The maximum Gasteiger partial charge on any atom is 0.326 e. The van der Waals surface area contributed by atoms with Crippen LogP contribution < -0.4 is 0 Å². The van der Waals surface area contributed by atoms with Crippen molar-refractivity contribution in [2.45, 2.75) is 16.1 Å². The van der Waals surface area contributed by atoms with Crippen LogP contribution in [0.3, 0.4) is 0 Å². The summed E-state index contributed by atoms with van der Waals surface area (Å²) in [5.41, 5.74) is -1.77. The monoisotopic (exact) mass is 345 g/mol. The van der Waals surface area contributed by atoms with Gasteiger partial charge >= 0.3 is 5.97 Å². The predicted octanol–water partition coefficient (Wildman–Crippen LogP) is 2.36. The first-order valence-electron chi connectivity index (χ1n) is 7.04. The molecule has 24 heavy (non-hydrogen) atoms. The van der Waals surface area contributed by atoms with Gasteiger partial charge in [0.25, 0.3) is 0 Å². The number of aliphatic carboxylic acids is 1. The van der Waals surface area contributed by atoms with E-state index in [1.165, 1.54) is 36.4 Å². The normalized spacial score (nSPS) is 25.7. The Morgan fingerprint density at radius 2 is 1.71 bits per heavy atom. The van der Waals surface area contributed by atoms with Crippen molar-refractivity contribution >= 4 is 15.8 Å². The number of sulfone groups is 1. The van der Waals surface area contributed by atoms with Crippen LogP contribution >= 0.6 is 0 Å². The van der Waals surface area contributed by atoms with Crippen LogP contribution in [0.25, 0.3) is 0 Å². The fourth-order valence-corrected chi connectivity index (χ4v) is 5.35. The standard InChI is InChI=1S/C17H12FNO4S/c18-12-8-6-11(7-9-12)14-15(17(14,10-19)16(20)21)24(22,23)13-4-2-1-3-5-13/h1-9,14-15H,(H,20,21)/t14-,15-,17+/m1/s1. The molecule has 1 N–H and O–H groups in total. The summed E-state index contributed by atoms with van der Waals surface area (Å²) in [4.78, 5) is 11.7. The van der Waals surface area contributed by atoms with Crippen LogP contribution in [0.1, 0.15) is 11.5 Å². The van der Waals surface area contributed by atoms with Gasteiger partial charge in [0.05, 0.1) is 11.0 Å². The van der Waals surface area contributed by atoms with Gasteiger partial charge in [-0.3, -0.25) is 4.79 Å². The van der Waals surface area contributed by atoms with Crippen LogP contribution in [-0.4, -0.2) is 24.7 Å². The first kappa shape index (κ1) is 16.1. The molecule has 0 bridgehead atoms. The molecule has 1 fully saturated rings. The molecule has 5 nitrogen and oxygen atoms in total.